The summed E-state index contributed by atoms with van der Waals surface area (Å²) < 4.78 is 1.26. The molecule has 2 aromatic heterocycles. The molecule has 1 saturated heterocycles. The fraction of sp³-hybridized carbons (Fsp3) is 0.429. The first-order chi connectivity index (χ1) is 11.1. The average molecular weight is 335 g/mol. The Morgan fingerprint density at radius 2 is 2.22 bits per heavy atom. The molecule has 122 valence electrons. The molecule has 3 heterocycles. The molecule has 0 saturated carbocycles. The Morgan fingerprint density at radius 3 is 2.87 bits per heavy atom. The van der Waals surface area contributed by atoms with Crippen LogP contribution in [0.25, 0.3) is 0 Å². The molecule has 1 aliphatic rings. The smallest absolute Gasteiger partial charge is 0.323 e. The SMILES string of the molecule is Cn1c(C(=O)Nc2ncc(C3CCNCC3)s2)ccc1[N+](=O)[O-]. The number of carbonyl (C=O) groups excluding carboxylic acids is 1. The number of piperidine rings is 1. The van der Waals surface area contributed by atoms with E-state index in [0.717, 1.165) is 25.9 Å². The monoisotopic (exact) mass is 335 g/mol. The van der Waals surface area contributed by atoms with Gasteiger partial charge in [0.05, 0.1) is 7.05 Å². The first kappa shape index (κ1) is 15.6. The van der Waals surface area contributed by atoms with Crippen LogP contribution in [0.2, 0.25) is 0 Å². The third-order valence-corrected chi connectivity index (χ3v) is 5.08. The second-order valence-electron chi connectivity index (χ2n) is 5.44. The minimum atomic E-state index is -0.518. The molecule has 2 aromatic rings. The van der Waals surface area contributed by atoms with Crippen molar-refractivity contribution in [1.82, 2.24) is 14.9 Å². The Labute approximate surface area is 136 Å². The van der Waals surface area contributed by atoms with Gasteiger partial charge < -0.3 is 15.4 Å². The van der Waals surface area contributed by atoms with E-state index in [9.17, 15) is 14.9 Å². The zero-order valence-electron chi connectivity index (χ0n) is 12.6. The maximum atomic E-state index is 12.3. The van der Waals surface area contributed by atoms with Crippen molar-refractivity contribution in [1.29, 1.82) is 0 Å². The number of nitro groups is 1. The summed E-state index contributed by atoms with van der Waals surface area (Å²) in [5, 5.41) is 17.4. The van der Waals surface area contributed by atoms with Gasteiger partial charge in [0.1, 0.15) is 0 Å². The average Bonchev–Trinajstić information content (AvgIpc) is 3.15. The number of thiazole rings is 1. The number of aromatic nitrogens is 2. The highest BCUT2D eigenvalue weighted by atomic mass is 32.1. The van der Waals surface area contributed by atoms with Crippen LogP contribution in [0, 0.1) is 10.1 Å². The third-order valence-electron chi connectivity index (χ3n) is 4.00. The Kier molecular flexibility index (Phi) is 4.39. The number of nitrogens with one attached hydrogen (secondary N) is 2. The Morgan fingerprint density at radius 1 is 1.48 bits per heavy atom. The summed E-state index contributed by atoms with van der Waals surface area (Å²) in [5.41, 5.74) is 0.232. The van der Waals surface area contributed by atoms with Crippen LogP contribution < -0.4 is 10.6 Å². The fourth-order valence-electron chi connectivity index (χ4n) is 2.71. The molecule has 0 atom stereocenters. The molecule has 0 bridgehead atoms. The van der Waals surface area contributed by atoms with Gasteiger partial charge >= 0.3 is 5.82 Å². The normalized spacial score (nSPS) is 15.5. The van der Waals surface area contributed by atoms with Gasteiger partial charge in [-0.05, 0) is 42.8 Å². The maximum absolute atomic E-state index is 12.3. The Hall–Kier alpha value is -2.26. The van der Waals surface area contributed by atoms with Crippen molar-refractivity contribution in [3.05, 3.63) is 39.0 Å². The summed E-state index contributed by atoms with van der Waals surface area (Å²) in [6.07, 6.45) is 3.95. The van der Waals surface area contributed by atoms with Gasteiger partial charge in [-0.2, -0.15) is 0 Å². The van der Waals surface area contributed by atoms with E-state index in [1.165, 1.54) is 40.0 Å². The predicted octanol–water partition coefficient (Wildman–Crippen LogP) is 2.11. The molecule has 2 N–H and O–H groups in total. The number of nitrogens with zero attached hydrogens (tertiary/aromatic N) is 3. The first-order valence-corrected chi connectivity index (χ1v) is 8.16. The number of hydrogen-bond acceptors (Lipinski definition) is 6. The van der Waals surface area contributed by atoms with Gasteiger partial charge in [-0.3, -0.25) is 10.1 Å². The van der Waals surface area contributed by atoms with Gasteiger partial charge in [-0.1, -0.05) is 0 Å². The molecule has 0 radical (unpaired) electrons. The lowest BCUT2D eigenvalue weighted by Gasteiger charge is -2.20. The highest BCUT2D eigenvalue weighted by molar-refractivity contribution is 7.15. The van der Waals surface area contributed by atoms with E-state index in [1.54, 1.807) is 0 Å². The van der Waals surface area contributed by atoms with Crippen molar-refractivity contribution in [2.24, 2.45) is 7.05 Å². The number of amides is 1. The Bertz CT molecular complexity index is 733. The second-order valence-corrected chi connectivity index (χ2v) is 6.50. The predicted molar refractivity (Wildman–Crippen MR) is 87.0 cm³/mol. The third kappa shape index (κ3) is 3.25. The number of carbonyl (C=O) groups is 1. The molecule has 1 amide bonds. The number of rotatable bonds is 4. The summed E-state index contributed by atoms with van der Waals surface area (Å²) in [6.45, 7) is 1.99. The number of anilines is 1. The van der Waals surface area contributed by atoms with Crippen LogP contribution in [0.5, 0.6) is 0 Å². The largest absolute Gasteiger partial charge is 0.358 e. The van der Waals surface area contributed by atoms with Crippen molar-refractivity contribution >= 4 is 28.2 Å². The zero-order valence-corrected chi connectivity index (χ0v) is 13.4. The molecule has 3 rings (SSSR count). The van der Waals surface area contributed by atoms with Crippen molar-refractivity contribution in [2.45, 2.75) is 18.8 Å². The molecule has 9 heteroatoms. The van der Waals surface area contributed by atoms with Crippen molar-refractivity contribution in [3.8, 4) is 0 Å². The molecule has 0 unspecified atom stereocenters. The lowest BCUT2D eigenvalue weighted by Crippen LogP contribution is -2.26. The highest BCUT2D eigenvalue weighted by Crippen LogP contribution is 2.31. The zero-order chi connectivity index (χ0) is 16.4. The van der Waals surface area contributed by atoms with Crippen molar-refractivity contribution < 1.29 is 9.72 Å². The van der Waals surface area contributed by atoms with Crippen LogP contribution in [0.3, 0.4) is 0 Å². The lowest BCUT2D eigenvalue weighted by atomic mass is 9.97. The molecule has 8 nitrogen and oxygen atoms in total. The van der Waals surface area contributed by atoms with Gasteiger partial charge in [-0.15, -0.1) is 11.3 Å². The summed E-state index contributed by atoms with van der Waals surface area (Å²) in [4.78, 5) is 28.0. The standard InChI is InChI=1S/C14H17N5O3S/c1-18-10(2-3-12(18)19(21)22)13(20)17-14-16-8-11(23-14)9-4-6-15-7-5-9/h2-3,8-9,15H,4-7H2,1H3,(H,16,17,20). The first-order valence-electron chi connectivity index (χ1n) is 7.34. The van der Waals surface area contributed by atoms with E-state index in [0.29, 0.717) is 11.0 Å². The van der Waals surface area contributed by atoms with Crippen molar-refractivity contribution in [3.63, 3.8) is 0 Å². The summed E-state index contributed by atoms with van der Waals surface area (Å²) in [5.74, 6) is -0.0352. The molecule has 0 aliphatic carbocycles. The quantitative estimate of drug-likeness (QED) is 0.658. The fourth-order valence-corrected chi connectivity index (χ4v) is 3.69. The van der Waals surface area contributed by atoms with E-state index >= 15 is 0 Å². The molecular formula is C14H17N5O3S. The Balaban J connectivity index is 1.71. The van der Waals surface area contributed by atoms with Crippen LogP contribution in [0.4, 0.5) is 10.9 Å². The van der Waals surface area contributed by atoms with Gasteiger partial charge in [0.2, 0.25) is 0 Å². The van der Waals surface area contributed by atoms with Gasteiger partial charge in [-0.25, -0.2) is 9.55 Å². The molecule has 1 fully saturated rings. The molecule has 23 heavy (non-hydrogen) atoms. The van der Waals surface area contributed by atoms with E-state index in [1.807, 2.05) is 6.20 Å². The summed E-state index contributed by atoms with van der Waals surface area (Å²) in [7, 11) is 1.50. The number of hydrogen-bond donors (Lipinski definition) is 2. The van der Waals surface area contributed by atoms with E-state index in [4.69, 9.17) is 0 Å². The molecule has 1 aliphatic heterocycles. The van der Waals surface area contributed by atoms with Gasteiger partial charge in [0.25, 0.3) is 5.91 Å². The van der Waals surface area contributed by atoms with E-state index < -0.39 is 10.8 Å². The molecule has 0 aromatic carbocycles. The maximum Gasteiger partial charge on any atom is 0.323 e. The van der Waals surface area contributed by atoms with Gasteiger partial charge in [0.15, 0.2) is 10.8 Å². The van der Waals surface area contributed by atoms with Crippen LogP contribution in [-0.2, 0) is 7.05 Å². The molecular weight excluding hydrogens is 318 g/mol. The van der Waals surface area contributed by atoms with E-state index in [-0.39, 0.29) is 11.5 Å². The lowest BCUT2D eigenvalue weighted by molar-refractivity contribution is -0.391. The second kappa shape index (κ2) is 6.47. The highest BCUT2D eigenvalue weighted by Gasteiger charge is 2.22. The van der Waals surface area contributed by atoms with Crippen LogP contribution >= 0.6 is 11.3 Å². The molecule has 0 spiro atoms. The minimum absolute atomic E-state index is 0.121. The summed E-state index contributed by atoms with van der Waals surface area (Å²) in [6, 6.07) is 2.76. The summed E-state index contributed by atoms with van der Waals surface area (Å²) >= 11 is 1.47. The van der Waals surface area contributed by atoms with Gasteiger partial charge in [0, 0.05) is 17.1 Å². The van der Waals surface area contributed by atoms with Crippen LogP contribution in [0.15, 0.2) is 18.3 Å². The topological polar surface area (TPSA) is 102 Å². The minimum Gasteiger partial charge on any atom is -0.358 e. The van der Waals surface area contributed by atoms with Crippen molar-refractivity contribution in [2.75, 3.05) is 18.4 Å². The van der Waals surface area contributed by atoms with E-state index in [2.05, 4.69) is 15.6 Å². The van der Waals surface area contributed by atoms with Crippen LogP contribution in [0.1, 0.15) is 34.1 Å². The van der Waals surface area contributed by atoms with Crippen LogP contribution in [-0.4, -0.2) is 33.5 Å².